The number of β-amino-alcohol motifs (C(OH)–C–C–N with tert-alkyl or cyclic N) is 1. The molecule has 2 aromatic rings. The maximum Gasteiger partial charge on any atom is 0.274 e. The van der Waals surface area contributed by atoms with Gasteiger partial charge < -0.3 is 10.0 Å². The number of carbonyl (C=O) groups is 1. The summed E-state index contributed by atoms with van der Waals surface area (Å²) < 4.78 is 13.5. The standard InChI is InChI=1S/C17H20FN3O2/c1-10(2)14-8-15(20-19-14)17(23)21-9-13(22)7-16(21)11-4-3-5-12(18)6-11/h3-6,8,10,13,16,22H,7,9H2,1-2H3,(H,19,20)/t13-,16-/m1/s1. The first-order chi connectivity index (χ1) is 11.0. The monoisotopic (exact) mass is 317 g/mol. The van der Waals surface area contributed by atoms with E-state index < -0.39 is 6.10 Å². The predicted octanol–water partition coefficient (Wildman–Crippen LogP) is 2.62. The maximum atomic E-state index is 13.5. The number of benzene rings is 1. The van der Waals surface area contributed by atoms with Crippen molar-refractivity contribution in [2.24, 2.45) is 0 Å². The van der Waals surface area contributed by atoms with E-state index in [-0.39, 0.29) is 30.2 Å². The third-order valence-electron chi connectivity index (χ3n) is 4.21. The van der Waals surface area contributed by atoms with Gasteiger partial charge >= 0.3 is 0 Å². The minimum atomic E-state index is -0.615. The van der Waals surface area contributed by atoms with Crippen molar-refractivity contribution in [3.05, 3.63) is 53.1 Å². The molecule has 0 spiro atoms. The highest BCUT2D eigenvalue weighted by atomic mass is 19.1. The van der Waals surface area contributed by atoms with Crippen molar-refractivity contribution in [1.82, 2.24) is 15.1 Å². The van der Waals surface area contributed by atoms with Crippen LogP contribution >= 0.6 is 0 Å². The van der Waals surface area contributed by atoms with Gasteiger partial charge in [0, 0.05) is 12.2 Å². The topological polar surface area (TPSA) is 69.2 Å². The number of aromatic amines is 1. The molecule has 2 N–H and O–H groups in total. The van der Waals surface area contributed by atoms with Gasteiger partial charge in [-0.15, -0.1) is 0 Å². The Hall–Kier alpha value is -2.21. The van der Waals surface area contributed by atoms with E-state index in [9.17, 15) is 14.3 Å². The second-order valence-corrected chi connectivity index (χ2v) is 6.28. The van der Waals surface area contributed by atoms with Crippen molar-refractivity contribution in [1.29, 1.82) is 0 Å². The van der Waals surface area contributed by atoms with E-state index in [1.807, 2.05) is 13.8 Å². The number of aliphatic hydroxyl groups excluding tert-OH is 1. The van der Waals surface area contributed by atoms with E-state index in [1.54, 1.807) is 23.1 Å². The van der Waals surface area contributed by atoms with E-state index in [0.29, 0.717) is 17.7 Å². The van der Waals surface area contributed by atoms with E-state index in [0.717, 1.165) is 5.69 Å². The molecule has 5 nitrogen and oxygen atoms in total. The molecule has 1 aliphatic rings. The second kappa shape index (κ2) is 6.12. The maximum absolute atomic E-state index is 13.5. The summed E-state index contributed by atoms with van der Waals surface area (Å²) in [4.78, 5) is 14.3. The number of halogens is 1. The molecule has 122 valence electrons. The summed E-state index contributed by atoms with van der Waals surface area (Å²) in [5.74, 6) is -0.357. The summed E-state index contributed by atoms with van der Waals surface area (Å²) in [5.41, 5.74) is 1.90. The van der Waals surface area contributed by atoms with Crippen LogP contribution in [0.2, 0.25) is 0 Å². The highest BCUT2D eigenvalue weighted by molar-refractivity contribution is 5.93. The van der Waals surface area contributed by atoms with Crippen LogP contribution in [0.1, 0.15) is 54.0 Å². The quantitative estimate of drug-likeness (QED) is 0.914. The molecule has 0 unspecified atom stereocenters. The molecule has 1 aromatic carbocycles. The van der Waals surface area contributed by atoms with Gasteiger partial charge in [-0.25, -0.2) is 4.39 Å². The number of carbonyl (C=O) groups excluding carboxylic acids is 1. The number of aromatic nitrogens is 2. The van der Waals surface area contributed by atoms with Crippen LogP contribution in [0.5, 0.6) is 0 Å². The van der Waals surface area contributed by atoms with Crippen molar-refractivity contribution >= 4 is 5.91 Å². The summed E-state index contributed by atoms with van der Waals surface area (Å²) >= 11 is 0. The molecule has 6 heteroatoms. The molecule has 1 aromatic heterocycles. The highest BCUT2D eigenvalue weighted by Crippen LogP contribution is 2.33. The first kappa shape index (κ1) is 15.7. The third-order valence-corrected chi connectivity index (χ3v) is 4.21. The van der Waals surface area contributed by atoms with Crippen LogP contribution in [0.4, 0.5) is 4.39 Å². The van der Waals surface area contributed by atoms with Crippen molar-refractivity contribution in [3.63, 3.8) is 0 Å². The minimum Gasteiger partial charge on any atom is -0.391 e. The van der Waals surface area contributed by atoms with Crippen LogP contribution in [0.3, 0.4) is 0 Å². The van der Waals surface area contributed by atoms with Crippen LogP contribution < -0.4 is 0 Å². The zero-order chi connectivity index (χ0) is 16.6. The van der Waals surface area contributed by atoms with Gasteiger partial charge in [-0.1, -0.05) is 26.0 Å². The van der Waals surface area contributed by atoms with Crippen molar-refractivity contribution in [2.45, 2.75) is 38.3 Å². The molecule has 0 bridgehead atoms. The predicted molar refractivity (Wildman–Crippen MR) is 83.5 cm³/mol. The Morgan fingerprint density at radius 2 is 2.22 bits per heavy atom. The zero-order valence-corrected chi connectivity index (χ0v) is 13.2. The fraction of sp³-hybridized carbons (Fsp3) is 0.412. The number of H-pyrrole nitrogens is 1. The Morgan fingerprint density at radius 3 is 2.87 bits per heavy atom. The number of nitrogens with one attached hydrogen (secondary N) is 1. The van der Waals surface area contributed by atoms with Gasteiger partial charge in [0.05, 0.1) is 12.1 Å². The normalized spacial score (nSPS) is 21.2. The fourth-order valence-electron chi connectivity index (χ4n) is 2.96. The third kappa shape index (κ3) is 3.12. The van der Waals surface area contributed by atoms with E-state index in [2.05, 4.69) is 10.2 Å². The summed E-state index contributed by atoms with van der Waals surface area (Å²) in [6.45, 7) is 4.25. The molecule has 1 saturated heterocycles. The Kier molecular flexibility index (Phi) is 4.17. The van der Waals surface area contributed by atoms with Gasteiger partial charge in [-0.3, -0.25) is 9.89 Å². The molecule has 0 saturated carbocycles. The van der Waals surface area contributed by atoms with Gasteiger partial charge in [-0.05, 0) is 36.1 Å². The molecule has 0 aliphatic carbocycles. The Morgan fingerprint density at radius 1 is 1.43 bits per heavy atom. The number of hydrogen-bond donors (Lipinski definition) is 2. The van der Waals surface area contributed by atoms with Crippen LogP contribution in [0.15, 0.2) is 30.3 Å². The number of likely N-dealkylation sites (tertiary alicyclic amines) is 1. The largest absolute Gasteiger partial charge is 0.391 e. The van der Waals surface area contributed by atoms with Crippen LogP contribution in [0, 0.1) is 5.82 Å². The lowest BCUT2D eigenvalue weighted by atomic mass is 10.0. The van der Waals surface area contributed by atoms with Gasteiger partial charge in [0.15, 0.2) is 0 Å². The van der Waals surface area contributed by atoms with Crippen molar-refractivity contribution < 1.29 is 14.3 Å². The first-order valence-corrected chi connectivity index (χ1v) is 7.75. The summed E-state index contributed by atoms with van der Waals surface area (Å²) in [6.07, 6.45) is -0.216. The second-order valence-electron chi connectivity index (χ2n) is 6.28. The number of aliphatic hydroxyl groups is 1. The minimum absolute atomic E-state index is 0.226. The number of rotatable bonds is 3. The van der Waals surface area contributed by atoms with Crippen molar-refractivity contribution in [3.8, 4) is 0 Å². The molecular formula is C17H20FN3O2. The zero-order valence-electron chi connectivity index (χ0n) is 13.2. The SMILES string of the molecule is CC(C)c1cc(C(=O)N2C[C@H](O)C[C@@H]2c2cccc(F)c2)n[nH]1. The lowest BCUT2D eigenvalue weighted by Gasteiger charge is -2.24. The van der Waals surface area contributed by atoms with E-state index in [1.165, 1.54) is 12.1 Å². The number of amides is 1. The lowest BCUT2D eigenvalue weighted by molar-refractivity contribution is 0.0709. The summed E-state index contributed by atoms with van der Waals surface area (Å²) in [5, 5.41) is 16.9. The average Bonchev–Trinajstić information content (AvgIpc) is 3.13. The number of hydrogen-bond acceptors (Lipinski definition) is 3. The van der Waals surface area contributed by atoms with Crippen LogP contribution in [-0.4, -0.2) is 38.8 Å². The van der Waals surface area contributed by atoms with Crippen molar-refractivity contribution in [2.75, 3.05) is 6.54 Å². The lowest BCUT2D eigenvalue weighted by Crippen LogP contribution is -2.32. The molecule has 1 fully saturated rings. The fourth-order valence-corrected chi connectivity index (χ4v) is 2.96. The van der Waals surface area contributed by atoms with Gasteiger partial charge in [0.25, 0.3) is 5.91 Å². The molecule has 23 heavy (non-hydrogen) atoms. The Bertz CT molecular complexity index is 713. The molecule has 1 aliphatic heterocycles. The molecular weight excluding hydrogens is 297 g/mol. The van der Waals surface area contributed by atoms with E-state index in [4.69, 9.17) is 0 Å². The molecule has 2 atom stereocenters. The van der Waals surface area contributed by atoms with Gasteiger partial charge in [0.2, 0.25) is 0 Å². The highest BCUT2D eigenvalue weighted by Gasteiger charge is 2.36. The van der Waals surface area contributed by atoms with Crippen LogP contribution in [-0.2, 0) is 0 Å². The Labute approximate surface area is 134 Å². The Balaban J connectivity index is 1.88. The molecule has 0 radical (unpaired) electrons. The van der Waals surface area contributed by atoms with Gasteiger partial charge in [0.1, 0.15) is 11.5 Å². The van der Waals surface area contributed by atoms with E-state index >= 15 is 0 Å². The first-order valence-electron chi connectivity index (χ1n) is 7.75. The van der Waals surface area contributed by atoms with Crippen LogP contribution in [0.25, 0.3) is 0 Å². The molecule has 1 amide bonds. The summed E-state index contributed by atoms with van der Waals surface area (Å²) in [6, 6.07) is 7.56. The van der Waals surface area contributed by atoms with Gasteiger partial charge in [-0.2, -0.15) is 5.10 Å². The molecule has 2 heterocycles. The number of nitrogens with zero attached hydrogens (tertiary/aromatic N) is 2. The molecule has 3 rings (SSSR count). The summed E-state index contributed by atoms with van der Waals surface area (Å²) in [7, 11) is 0. The average molecular weight is 317 g/mol. The smallest absolute Gasteiger partial charge is 0.274 e.